The fraction of sp³-hybridized carbons (Fsp3) is 0.267. The monoisotopic (exact) mass is 270 g/mol. The van der Waals surface area contributed by atoms with Crippen molar-refractivity contribution in [3.05, 3.63) is 42.4 Å². The molecule has 0 saturated heterocycles. The molecule has 1 heterocycles. The van der Waals surface area contributed by atoms with Crippen LogP contribution in [0.2, 0.25) is 0 Å². The van der Waals surface area contributed by atoms with Crippen LogP contribution < -0.4 is 10.6 Å². The van der Waals surface area contributed by atoms with E-state index in [9.17, 15) is 4.79 Å². The molecule has 0 aliphatic rings. The highest BCUT2D eigenvalue weighted by Gasteiger charge is 2.01. The highest BCUT2D eigenvalue weighted by molar-refractivity contribution is 5.90. The topological polar surface area (TPSA) is 66.9 Å². The highest BCUT2D eigenvalue weighted by atomic mass is 16.1. The molecule has 0 fully saturated rings. The Morgan fingerprint density at radius 3 is 2.50 bits per heavy atom. The van der Waals surface area contributed by atoms with Crippen LogP contribution in [-0.4, -0.2) is 15.9 Å². The van der Waals surface area contributed by atoms with Crippen LogP contribution in [0, 0.1) is 6.92 Å². The number of anilines is 3. The predicted molar refractivity (Wildman–Crippen MR) is 80.0 cm³/mol. The van der Waals surface area contributed by atoms with Crippen molar-refractivity contribution in [2.45, 2.75) is 26.7 Å². The van der Waals surface area contributed by atoms with Crippen molar-refractivity contribution < 1.29 is 4.79 Å². The fourth-order valence-electron chi connectivity index (χ4n) is 1.76. The number of carbonyl (C=O) groups excluding carboxylic acids is 1. The molecule has 1 aromatic heterocycles. The molecule has 5 heteroatoms. The molecule has 0 saturated carbocycles. The van der Waals surface area contributed by atoms with Crippen LogP contribution in [0.1, 0.15) is 25.5 Å². The highest BCUT2D eigenvalue weighted by Crippen LogP contribution is 2.17. The second-order valence-corrected chi connectivity index (χ2v) is 4.55. The molecule has 104 valence electrons. The van der Waals surface area contributed by atoms with E-state index >= 15 is 0 Å². The van der Waals surface area contributed by atoms with Gasteiger partial charge in [-0.1, -0.05) is 6.92 Å². The lowest BCUT2D eigenvalue weighted by atomic mass is 10.2. The van der Waals surface area contributed by atoms with Gasteiger partial charge in [-0.15, -0.1) is 0 Å². The summed E-state index contributed by atoms with van der Waals surface area (Å²) in [5.41, 5.74) is 2.62. The summed E-state index contributed by atoms with van der Waals surface area (Å²) in [6.45, 7) is 3.90. The van der Waals surface area contributed by atoms with Crippen molar-refractivity contribution in [3.8, 4) is 0 Å². The number of hydrogen-bond acceptors (Lipinski definition) is 4. The largest absolute Gasteiger partial charge is 0.340 e. The number of benzene rings is 1. The molecule has 0 unspecified atom stereocenters. The zero-order valence-electron chi connectivity index (χ0n) is 11.7. The van der Waals surface area contributed by atoms with Crippen molar-refractivity contribution in [2.75, 3.05) is 10.6 Å². The summed E-state index contributed by atoms with van der Waals surface area (Å²) in [7, 11) is 0. The lowest BCUT2D eigenvalue weighted by Gasteiger charge is -2.08. The second-order valence-electron chi connectivity index (χ2n) is 4.55. The zero-order chi connectivity index (χ0) is 14.4. The minimum absolute atomic E-state index is 0.0413. The summed E-state index contributed by atoms with van der Waals surface area (Å²) >= 11 is 0. The van der Waals surface area contributed by atoms with E-state index in [0.717, 1.165) is 29.3 Å². The molecule has 2 rings (SSSR count). The Kier molecular flexibility index (Phi) is 4.65. The van der Waals surface area contributed by atoms with Gasteiger partial charge in [-0.05, 0) is 37.6 Å². The van der Waals surface area contributed by atoms with Gasteiger partial charge in [-0.2, -0.15) is 0 Å². The number of rotatable bonds is 5. The van der Waals surface area contributed by atoms with E-state index in [1.54, 1.807) is 0 Å². The standard InChI is InChI=1S/C15H18N4O/c1-3-4-15(20)19-13-7-5-12(6-8-13)18-14-9-11(2)16-10-17-14/h5-10H,3-4H2,1-2H3,(H,19,20)(H,16,17,18). The summed E-state index contributed by atoms with van der Waals surface area (Å²) in [5.74, 6) is 0.792. The van der Waals surface area contributed by atoms with Gasteiger partial charge in [0.25, 0.3) is 0 Å². The Morgan fingerprint density at radius 1 is 1.15 bits per heavy atom. The SMILES string of the molecule is CCCC(=O)Nc1ccc(Nc2cc(C)ncn2)cc1. The predicted octanol–water partition coefficient (Wildman–Crippen LogP) is 3.27. The molecular weight excluding hydrogens is 252 g/mol. The van der Waals surface area contributed by atoms with E-state index in [1.807, 2.05) is 44.2 Å². The van der Waals surface area contributed by atoms with Crippen LogP contribution in [0.4, 0.5) is 17.2 Å². The molecule has 2 N–H and O–H groups in total. The van der Waals surface area contributed by atoms with Gasteiger partial charge in [0, 0.05) is 29.6 Å². The van der Waals surface area contributed by atoms with Gasteiger partial charge in [0.2, 0.25) is 5.91 Å². The van der Waals surface area contributed by atoms with Crippen LogP contribution in [0.5, 0.6) is 0 Å². The Bertz CT molecular complexity index is 581. The number of aromatic nitrogens is 2. The Morgan fingerprint density at radius 2 is 1.85 bits per heavy atom. The minimum Gasteiger partial charge on any atom is -0.340 e. The first-order valence-electron chi connectivity index (χ1n) is 6.63. The second kappa shape index (κ2) is 6.65. The van der Waals surface area contributed by atoms with Crippen LogP contribution in [-0.2, 0) is 4.79 Å². The molecule has 1 amide bonds. The average Bonchev–Trinajstić information content (AvgIpc) is 2.41. The van der Waals surface area contributed by atoms with Crippen LogP contribution in [0.15, 0.2) is 36.7 Å². The summed E-state index contributed by atoms with van der Waals surface area (Å²) in [6.07, 6.45) is 2.91. The number of nitrogens with one attached hydrogen (secondary N) is 2. The third-order valence-electron chi connectivity index (χ3n) is 2.72. The van der Waals surface area contributed by atoms with E-state index in [-0.39, 0.29) is 5.91 Å². The summed E-state index contributed by atoms with van der Waals surface area (Å²) < 4.78 is 0. The molecule has 0 aliphatic heterocycles. The normalized spacial score (nSPS) is 10.1. The molecule has 5 nitrogen and oxygen atoms in total. The van der Waals surface area contributed by atoms with Crippen molar-refractivity contribution in [3.63, 3.8) is 0 Å². The van der Waals surface area contributed by atoms with Gasteiger partial charge < -0.3 is 10.6 Å². The number of nitrogens with zero attached hydrogens (tertiary/aromatic N) is 2. The molecule has 0 atom stereocenters. The van der Waals surface area contributed by atoms with Gasteiger partial charge >= 0.3 is 0 Å². The van der Waals surface area contributed by atoms with Gasteiger partial charge in [0.05, 0.1) is 0 Å². The molecule has 0 radical (unpaired) electrons. The molecular formula is C15H18N4O. The summed E-state index contributed by atoms with van der Waals surface area (Å²) in [6, 6.07) is 9.41. The van der Waals surface area contributed by atoms with Crippen molar-refractivity contribution in [2.24, 2.45) is 0 Å². The molecule has 0 aliphatic carbocycles. The molecule has 0 spiro atoms. The summed E-state index contributed by atoms with van der Waals surface area (Å²) in [4.78, 5) is 19.7. The van der Waals surface area contributed by atoms with Crippen LogP contribution in [0.3, 0.4) is 0 Å². The van der Waals surface area contributed by atoms with E-state index in [4.69, 9.17) is 0 Å². The molecule has 1 aromatic carbocycles. The van der Waals surface area contributed by atoms with Gasteiger partial charge in [0.1, 0.15) is 12.1 Å². The Balaban J connectivity index is 1.99. The first kappa shape index (κ1) is 14.0. The third kappa shape index (κ3) is 4.05. The number of carbonyl (C=O) groups is 1. The lowest BCUT2D eigenvalue weighted by molar-refractivity contribution is -0.116. The number of amides is 1. The van der Waals surface area contributed by atoms with E-state index in [2.05, 4.69) is 20.6 Å². The summed E-state index contributed by atoms with van der Waals surface area (Å²) in [5, 5.41) is 6.04. The van der Waals surface area contributed by atoms with Crippen molar-refractivity contribution >= 4 is 23.1 Å². The van der Waals surface area contributed by atoms with Gasteiger partial charge in [-0.25, -0.2) is 9.97 Å². The maximum Gasteiger partial charge on any atom is 0.224 e. The molecule has 2 aromatic rings. The van der Waals surface area contributed by atoms with Crippen LogP contribution >= 0.6 is 0 Å². The third-order valence-corrected chi connectivity index (χ3v) is 2.72. The Labute approximate surface area is 118 Å². The first-order chi connectivity index (χ1) is 9.67. The van der Waals surface area contributed by atoms with Crippen LogP contribution in [0.25, 0.3) is 0 Å². The number of hydrogen-bond donors (Lipinski definition) is 2. The zero-order valence-corrected chi connectivity index (χ0v) is 11.7. The maximum absolute atomic E-state index is 11.5. The van der Waals surface area contributed by atoms with Crippen molar-refractivity contribution in [1.82, 2.24) is 9.97 Å². The average molecular weight is 270 g/mol. The first-order valence-corrected chi connectivity index (χ1v) is 6.63. The van der Waals surface area contributed by atoms with Gasteiger partial charge in [0.15, 0.2) is 0 Å². The van der Waals surface area contributed by atoms with Crippen molar-refractivity contribution in [1.29, 1.82) is 0 Å². The maximum atomic E-state index is 11.5. The van der Waals surface area contributed by atoms with E-state index < -0.39 is 0 Å². The molecule has 0 bridgehead atoms. The quantitative estimate of drug-likeness (QED) is 0.875. The number of aryl methyl sites for hydroxylation is 1. The minimum atomic E-state index is 0.0413. The van der Waals surface area contributed by atoms with E-state index in [0.29, 0.717) is 6.42 Å². The lowest BCUT2D eigenvalue weighted by Crippen LogP contribution is -2.10. The Hall–Kier alpha value is -2.43. The fourth-order valence-corrected chi connectivity index (χ4v) is 1.76. The smallest absolute Gasteiger partial charge is 0.224 e. The van der Waals surface area contributed by atoms with E-state index in [1.165, 1.54) is 6.33 Å². The molecule has 20 heavy (non-hydrogen) atoms. The van der Waals surface area contributed by atoms with Gasteiger partial charge in [-0.3, -0.25) is 4.79 Å².